The number of pyridine rings is 1. The third-order valence-corrected chi connectivity index (χ3v) is 6.75. The molecule has 1 atom stereocenters. The van der Waals surface area contributed by atoms with Crippen LogP contribution in [0.4, 0.5) is 11.4 Å². The summed E-state index contributed by atoms with van der Waals surface area (Å²) in [5, 5.41) is 13.8. The summed E-state index contributed by atoms with van der Waals surface area (Å²) in [6, 6.07) is 15.3. The molecule has 0 radical (unpaired) electrons. The van der Waals surface area contributed by atoms with E-state index in [0.717, 1.165) is 16.3 Å². The second-order valence-corrected chi connectivity index (χ2v) is 9.83. The van der Waals surface area contributed by atoms with Crippen LogP contribution in [0.25, 0.3) is 11.3 Å². The first-order valence-corrected chi connectivity index (χ1v) is 13.0. The van der Waals surface area contributed by atoms with Crippen molar-refractivity contribution in [3.05, 3.63) is 94.4 Å². The largest absolute Gasteiger partial charge is 0.397 e. The number of amides is 2. The third kappa shape index (κ3) is 6.04. The fraction of sp³-hybridized carbons (Fsp3) is 0.179. The van der Waals surface area contributed by atoms with Crippen molar-refractivity contribution in [2.45, 2.75) is 19.5 Å². The predicted octanol–water partition coefficient (Wildman–Crippen LogP) is 2.56. The summed E-state index contributed by atoms with van der Waals surface area (Å²) in [4.78, 5) is 45.8. The number of rotatable bonds is 9. The van der Waals surface area contributed by atoms with Crippen LogP contribution in [0.5, 0.6) is 6.01 Å². The highest BCUT2D eigenvalue weighted by atomic mass is 35.5. The standard InChI is InChI=1S/C28H27ClN8O4/c1-16-5-4-6-17(9-16)23(15-38)34-25(39)14-36-13-22-19(27(36)40)10-18(11-32-22)26-20(29)12-33-28(35-26)41-37(31)24-8-3-2-7-21(24)30/h2-12,23,38H,13-15,30-31H2,1H3,(H,34,39). The van der Waals surface area contributed by atoms with E-state index in [2.05, 4.69) is 20.3 Å². The van der Waals surface area contributed by atoms with E-state index in [1.807, 2.05) is 31.2 Å². The SMILES string of the molecule is Cc1cccc(C(CO)NC(=O)CN2Cc3ncc(-c4nc(ON(N)c5ccccc5N)ncc4Cl)cc3C2=O)c1. The molecule has 4 aromatic rings. The molecule has 2 aromatic heterocycles. The van der Waals surface area contributed by atoms with E-state index in [4.69, 9.17) is 28.0 Å². The highest BCUT2D eigenvalue weighted by Crippen LogP contribution is 2.31. The molecule has 0 spiro atoms. The molecule has 5 rings (SSSR count). The summed E-state index contributed by atoms with van der Waals surface area (Å²) in [5.41, 5.74) is 10.1. The van der Waals surface area contributed by atoms with E-state index in [0.29, 0.717) is 28.2 Å². The smallest absolute Gasteiger partial charge is 0.345 e. The molecule has 0 fully saturated rings. The second-order valence-electron chi connectivity index (χ2n) is 9.42. The second kappa shape index (κ2) is 11.8. The van der Waals surface area contributed by atoms with Crippen molar-refractivity contribution in [2.24, 2.45) is 5.84 Å². The summed E-state index contributed by atoms with van der Waals surface area (Å²) < 4.78 is 0. The Hall–Kier alpha value is -4.78. The van der Waals surface area contributed by atoms with Crippen LogP contribution in [0.3, 0.4) is 0 Å². The van der Waals surface area contributed by atoms with Crippen LogP contribution in [0.1, 0.15) is 33.2 Å². The van der Waals surface area contributed by atoms with Gasteiger partial charge in [-0.05, 0) is 30.7 Å². The molecule has 13 heteroatoms. The zero-order valence-electron chi connectivity index (χ0n) is 22.0. The molecule has 210 valence electrons. The van der Waals surface area contributed by atoms with Crippen LogP contribution in [-0.4, -0.2) is 49.9 Å². The Balaban J connectivity index is 1.29. The molecule has 0 bridgehead atoms. The van der Waals surface area contributed by atoms with E-state index in [9.17, 15) is 14.7 Å². The first kappa shape index (κ1) is 27.8. The minimum Gasteiger partial charge on any atom is -0.397 e. The highest BCUT2D eigenvalue weighted by molar-refractivity contribution is 6.32. The molecular formula is C28H27ClN8O4. The Morgan fingerprint density at radius 1 is 1.20 bits per heavy atom. The van der Waals surface area contributed by atoms with E-state index in [-0.39, 0.29) is 42.3 Å². The fourth-order valence-corrected chi connectivity index (χ4v) is 4.64. The number of anilines is 2. The number of nitrogens with one attached hydrogen (secondary N) is 1. The first-order valence-electron chi connectivity index (χ1n) is 12.6. The van der Waals surface area contributed by atoms with E-state index in [1.54, 1.807) is 30.3 Å². The molecule has 3 heterocycles. The van der Waals surface area contributed by atoms with Gasteiger partial charge in [-0.2, -0.15) is 4.98 Å². The number of aliphatic hydroxyl groups is 1. The lowest BCUT2D eigenvalue weighted by atomic mass is 10.1. The lowest BCUT2D eigenvalue weighted by Gasteiger charge is -2.20. The minimum atomic E-state index is -0.591. The zero-order valence-corrected chi connectivity index (χ0v) is 22.7. The van der Waals surface area contributed by atoms with Crippen molar-refractivity contribution in [3.63, 3.8) is 0 Å². The summed E-state index contributed by atoms with van der Waals surface area (Å²) in [6.45, 7) is 1.61. The average molecular weight is 575 g/mol. The third-order valence-electron chi connectivity index (χ3n) is 6.47. The summed E-state index contributed by atoms with van der Waals surface area (Å²) in [7, 11) is 0. The van der Waals surface area contributed by atoms with Gasteiger partial charge >= 0.3 is 6.01 Å². The van der Waals surface area contributed by atoms with Crippen LogP contribution < -0.4 is 26.9 Å². The molecule has 2 aromatic carbocycles. The number of benzene rings is 2. The zero-order chi connectivity index (χ0) is 29.1. The van der Waals surface area contributed by atoms with Gasteiger partial charge in [0, 0.05) is 11.8 Å². The number of para-hydroxylation sites is 2. The number of nitrogens with zero attached hydrogens (tertiary/aromatic N) is 5. The van der Waals surface area contributed by atoms with Crippen LogP contribution >= 0.6 is 11.6 Å². The number of carbonyl (C=O) groups excluding carboxylic acids is 2. The molecule has 0 saturated heterocycles. The molecule has 0 aliphatic carbocycles. The fourth-order valence-electron chi connectivity index (χ4n) is 4.44. The van der Waals surface area contributed by atoms with Gasteiger partial charge in [-0.15, -0.1) is 5.17 Å². The first-order chi connectivity index (χ1) is 19.7. The van der Waals surface area contributed by atoms with Gasteiger partial charge < -0.3 is 25.9 Å². The lowest BCUT2D eigenvalue weighted by Crippen LogP contribution is -2.40. The van der Waals surface area contributed by atoms with E-state index < -0.39 is 11.9 Å². The predicted molar refractivity (Wildman–Crippen MR) is 152 cm³/mol. The maximum Gasteiger partial charge on any atom is 0.345 e. The number of hydrogen-bond donors (Lipinski definition) is 4. The van der Waals surface area contributed by atoms with Gasteiger partial charge in [0.15, 0.2) is 0 Å². The normalized spacial score (nSPS) is 13.1. The van der Waals surface area contributed by atoms with Gasteiger partial charge in [0.25, 0.3) is 5.91 Å². The Bertz CT molecular complexity index is 1620. The number of aliphatic hydroxyl groups excluding tert-OH is 1. The Morgan fingerprint density at radius 3 is 2.76 bits per heavy atom. The van der Waals surface area contributed by atoms with Crippen molar-refractivity contribution in [2.75, 3.05) is 24.1 Å². The quantitative estimate of drug-likeness (QED) is 0.132. The maximum atomic E-state index is 13.2. The molecule has 1 unspecified atom stereocenters. The number of aromatic nitrogens is 3. The number of nitrogen functional groups attached to an aromatic ring is 1. The summed E-state index contributed by atoms with van der Waals surface area (Å²) in [6.07, 6.45) is 2.88. The number of nitrogens with two attached hydrogens (primary N) is 2. The van der Waals surface area contributed by atoms with Gasteiger partial charge in [0.2, 0.25) is 5.91 Å². The number of hydrazine groups is 1. The molecule has 1 aliphatic heterocycles. The van der Waals surface area contributed by atoms with Crippen LogP contribution in [-0.2, 0) is 11.3 Å². The van der Waals surface area contributed by atoms with E-state index >= 15 is 0 Å². The molecule has 2 amide bonds. The van der Waals surface area contributed by atoms with Crippen molar-refractivity contribution in [1.29, 1.82) is 0 Å². The monoisotopic (exact) mass is 574 g/mol. The van der Waals surface area contributed by atoms with E-state index in [1.165, 1.54) is 17.3 Å². The van der Waals surface area contributed by atoms with Gasteiger partial charge in [-0.25, -0.2) is 10.8 Å². The molecule has 12 nitrogen and oxygen atoms in total. The Labute approximate surface area is 240 Å². The summed E-state index contributed by atoms with van der Waals surface area (Å²) >= 11 is 6.37. The van der Waals surface area contributed by atoms with Crippen molar-refractivity contribution < 1.29 is 19.5 Å². The topological polar surface area (TPSA) is 173 Å². The van der Waals surface area contributed by atoms with Crippen LogP contribution in [0, 0.1) is 6.92 Å². The lowest BCUT2D eigenvalue weighted by molar-refractivity contribution is -0.122. The molecule has 6 N–H and O–H groups in total. The molecule has 0 saturated carbocycles. The van der Waals surface area contributed by atoms with Crippen LogP contribution in [0.15, 0.2) is 67.0 Å². The molecule has 41 heavy (non-hydrogen) atoms. The molecule has 1 aliphatic rings. The minimum absolute atomic E-state index is 0.104. The molecular weight excluding hydrogens is 548 g/mol. The maximum absolute atomic E-state index is 13.2. The average Bonchev–Trinajstić information content (AvgIpc) is 3.26. The van der Waals surface area contributed by atoms with Crippen molar-refractivity contribution in [3.8, 4) is 17.3 Å². The number of hydrogen-bond acceptors (Lipinski definition) is 10. The highest BCUT2D eigenvalue weighted by Gasteiger charge is 2.31. The van der Waals surface area contributed by atoms with Crippen molar-refractivity contribution >= 4 is 34.8 Å². The Morgan fingerprint density at radius 2 is 2.00 bits per heavy atom. The summed E-state index contributed by atoms with van der Waals surface area (Å²) in [5.74, 6) is 5.22. The van der Waals surface area contributed by atoms with Gasteiger partial charge in [-0.3, -0.25) is 14.6 Å². The van der Waals surface area contributed by atoms with Crippen molar-refractivity contribution in [1.82, 2.24) is 25.2 Å². The van der Waals surface area contributed by atoms with Gasteiger partial charge in [0.05, 0.1) is 53.1 Å². The number of carbonyl (C=O) groups is 2. The van der Waals surface area contributed by atoms with Gasteiger partial charge in [0.1, 0.15) is 12.2 Å². The van der Waals surface area contributed by atoms with Crippen LogP contribution in [0.2, 0.25) is 5.02 Å². The van der Waals surface area contributed by atoms with Gasteiger partial charge in [-0.1, -0.05) is 53.6 Å². The number of fused-ring (bicyclic) bond motifs is 1. The Kier molecular flexibility index (Phi) is 7.97. The number of halogens is 1. The number of aryl methyl sites for hydroxylation is 1.